The molecule has 0 saturated carbocycles. The lowest BCUT2D eigenvalue weighted by atomic mass is 10.1. The predicted octanol–water partition coefficient (Wildman–Crippen LogP) is 0.460. The number of carbonyl (C=O) groups is 3. The number of aliphatic imine (C=N–C) groups is 1. The Morgan fingerprint density at radius 1 is 1.21 bits per heavy atom. The van der Waals surface area contributed by atoms with Gasteiger partial charge in [0.15, 0.2) is 11.0 Å². The number of amides is 2. The lowest BCUT2D eigenvalue weighted by molar-refractivity contribution is -0.146. The third-order valence-electron chi connectivity index (χ3n) is 6.89. The summed E-state index contributed by atoms with van der Waals surface area (Å²) in [4.78, 5) is 48.8. The van der Waals surface area contributed by atoms with E-state index in [2.05, 4.69) is 15.3 Å². The third kappa shape index (κ3) is 6.99. The van der Waals surface area contributed by atoms with Gasteiger partial charge in [-0.05, 0) is 37.7 Å². The van der Waals surface area contributed by atoms with E-state index in [9.17, 15) is 22.8 Å². The molecule has 2 aliphatic heterocycles. The van der Waals surface area contributed by atoms with Crippen molar-refractivity contribution in [3.05, 3.63) is 52.5 Å². The Labute approximate surface area is 231 Å². The fourth-order valence-electron chi connectivity index (χ4n) is 5.02. The van der Waals surface area contributed by atoms with E-state index < -0.39 is 34.2 Å². The summed E-state index contributed by atoms with van der Waals surface area (Å²) in [5, 5.41) is 4.73. The molecule has 0 bridgehead atoms. The minimum atomic E-state index is -3.68. The van der Waals surface area contributed by atoms with Gasteiger partial charge in [-0.15, -0.1) is 11.3 Å². The number of thiazole rings is 1. The maximum Gasteiger partial charge on any atom is 0.243 e. The highest BCUT2D eigenvalue weighted by Gasteiger charge is 2.49. The topological polar surface area (TPSA) is 181 Å². The Bertz CT molecular complexity index is 1300. The van der Waals surface area contributed by atoms with Crippen molar-refractivity contribution in [2.45, 2.75) is 56.8 Å². The number of Topliss-reactive ketones (excluding diaryl/α,β-unsaturated/α-hetero) is 1. The van der Waals surface area contributed by atoms with E-state index in [-0.39, 0.29) is 54.3 Å². The van der Waals surface area contributed by atoms with E-state index in [0.29, 0.717) is 25.7 Å². The van der Waals surface area contributed by atoms with Gasteiger partial charge < -0.3 is 21.7 Å². The van der Waals surface area contributed by atoms with Gasteiger partial charge in [-0.25, -0.2) is 13.4 Å². The average Bonchev–Trinajstić information content (AvgIpc) is 3.61. The van der Waals surface area contributed by atoms with Crippen LogP contribution in [0.2, 0.25) is 0 Å². The van der Waals surface area contributed by atoms with E-state index in [4.69, 9.17) is 11.5 Å². The second kappa shape index (κ2) is 12.7. The summed E-state index contributed by atoms with van der Waals surface area (Å²) >= 11 is 1.17. The molecule has 2 saturated heterocycles. The van der Waals surface area contributed by atoms with Crippen LogP contribution >= 0.6 is 11.3 Å². The van der Waals surface area contributed by atoms with Gasteiger partial charge in [0.05, 0.1) is 18.0 Å². The van der Waals surface area contributed by atoms with Crippen molar-refractivity contribution >= 4 is 44.9 Å². The molecule has 3 atom stereocenters. The van der Waals surface area contributed by atoms with E-state index in [1.54, 1.807) is 5.38 Å². The van der Waals surface area contributed by atoms with Gasteiger partial charge in [-0.1, -0.05) is 30.3 Å². The Morgan fingerprint density at radius 2 is 1.97 bits per heavy atom. The maximum atomic E-state index is 13.4. The summed E-state index contributed by atoms with van der Waals surface area (Å²) < 4.78 is 27.9. The Kier molecular flexibility index (Phi) is 9.30. The number of carbonyl (C=O) groups excluding carboxylic acids is 3. The van der Waals surface area contributed by atoms with Crippen molar-refractivity contribution in [2.75, 3.05) is 18.8 Å². The number of aryl methyl sites for hydroxylation is 1. The second-order valence-electron chi connectivity index (χ2n) is 9.50. The molecule has 0 aliphatic carbocycles. The third-order valence-corrected chi connectivity index (χ3v) is 9.54. The molecule has 39 heavy (non-hydrogen) atoms. The number of hydrogen-bond donors (Lipinski definition) is 3. The lowest BCUT2D eigenvalue weighted by Crippen LogP contribution is -2.60. The summed E-state index contributed by atoms with van der Waals surface area (Å²) in [6.45, 7) is 0.368. The van der Waals surface area contributed by atoms with E-state index in [0.717, 1.165) is 5.56 Å². The Morgan fingerprint density at radius 3 is 2.67 bits per heavy atom. The molecular weight excluding hydrogens is 542 g/mol. The van der Waals surface area contributed by atoms with Crippen molar-refractivity contribution in [2.24, 2.45) is 16.5 Å². The molecule has 1 aromatic carbocycles. The Hall–Kier alpha value is -3.36. The van der Waals surface area contributed by atoms with E-state index in [1.165, 1.54) is 26.7 Å². The molecule has 3 heterocycles. The largest absolute Gasteiger partial charge is 0.370 e. The monoisotopic (exact) mass is 575 g/mol. The predicted molar refractivity (Wildman–Crippen MR) is 147 cm³/mol. The first-order chi connectivity index (χ1) is 18.7. The summed E-state index contributed by atoms with van der Waals surface area (Å²) in [6.07, 6.45) is 2.46. The molecule has 4 rings (SSSR count). The van der Waals surface area contributed by atoms with E-state index >= 15 is 0 Å². The summed E-state index contributed by atoms with van der Waals surface area (Å²) in [5.74, 6) is -1.26. The molecule has 2 aromatic rings. The number of hydrogen-bond acceptors (Lipinski definition) is 8. The number of benzene rings is 1. The van der Waals surface area contributed by atoms with Crippen LogP contribution in [0.4, 0.5) is 0 Å². The van der Waals surface area contributed by atoms with Crippen LogP contribution in [0.3, 0.4) is 0 Å². The fourth-order valence-corrected chi connectivity index (χ4v) is 7.33. The molecule has 5 N–H and O–H groups in total. The number of nitrogens with zero attached hydrogens (tertiary/aromatic N) is 4. The van der Waals surface area contributed by atoms with Crippen LogP contribution < -0.4 is 16.8 Å². The molecule has 12 nitrogen and oxygen atoms in total. The van der Waals surface area contributed by atoms with Crippen LogP contribution in [0.1, 0.15) is 47.5 Å². The zero-order valence-corrected chi connectivity index (χ0v) is 23.1. The quantitative estimate of drug-likeness (QED) is 0.141. The normalized spacial score (nSPS) is 20.3. The molecule has 2 aliphatic rings. The first kappa shape index (κ1) is 28.6. The highest BCUT2D eigenvalue weighted by molar-refractivity contribution is 7.89. The molecule has 0 radical (unpaired) electrons. The highest BCUT2D eigenvalue weighted by atomic mass is 32.2. The average molecular weight is 576 g/mol. The first-order valence-electron chi connectivity index (χ1n) is 12.8. The molecule has 210 valence electrons. The first-order valence-corrected chi connectivity index (χ1v) is 15.3. The Balaban J connectivity index is 1.45. The molecular formula is C25H33N7O5S2. The van der Waals surface area contributed by atoms with Gasteiger partial charge in [0.1, 0.15) is 6.04 Å². The number of rotatable bonds is 12. The maximum absolute atomic E-state index is 13.4. The van der Waals surface area contributed by atoms with Crippen LogP contribution in [0.25, 0.3) is 0 Å². The smallest absolute Gasteiger partial charge is 0.243 e. The van der Waals surface area contributed by atoms with Gasteiger partial charge in [0.25, 0.3) is 0 Å². The van der Waals surface area contributed by atoms with Crippen LogP contribution in [-0.2, 0) is 26.0 Å². The van der Waals surface area contributed by atoms with Crippen molar-refractivity contribution in [1.82, 2.24) is 19.5 Å². The zero-order valence-electron chi connectivity index (χ0n) is 21.4. The molecule has 14 heteroatoms. The zero-order chi connectivity index (χ0) is 28.0. The van der Waals surface area contributed by atoms with Gasteiger partial charge in [-0.2, -0.15) is 4.31 Å². The van der Waals surface area contributed by atoms with Gasteiger partial charge >= 0.3 is 0 Å². The summed E-state index contributed by atoms with van der Waals surface area (Å²) in [5.41, 5.74) is 11.7. The molecule has 2 amide bonds. The SMILES string of the molecule is NC(N)=NCCCC(NC(=O)C1CCC2N1C(=O)CCN2S(=O)(=O)CCc1ccccc1)C(=O)c1nccs1. The number of sulfonamides is 1. The number of guanidine groups is 1. The molecule has 0 spiro atoms. The number of ketones is 1. The summed E-state index contributed by atoms with van der Waals surface area (Å²) in [7, 11) is -3.68. The molecule has 3 unspecified atom stereocenters. The summed E-state index contributed by atoms with van der Waals surface area (Å²) in [6, 6.07) is 7.57. The number of aromatic nitrogens is 1. The van der Waals surface area contributed by atoms with E-state index in [1.807, 2.05) is 30.3 Å². The number of nitrogens with two attached hydrogens (primary N) is 2. The molecule has 1 aromatic heterocycles. The van der Waals surface area contributed by atoms with Crippen molar-refractivity contribution in [3.63, 3.8) is 0 Å². The minimum absolute atomic E-state index is 0.00909. The van der Waals surface area contributed by atoms with Crippen LogP contribution in [-0.4, -0.2) is 83.3 Å². The van der Waals surface area contributed by atoms with Crippen LogP contribution in [0, 0.1) is 0 Å². The van der Waals surface area contributed by atoms with Crippen molar-refractivity contribution in [1.29, 1.82) is 0 Å². The van der Waals surface area contributed by atoms with Gasteiger partial charge in [-0.3, -0.25) is 19.4 Å². The number of fused-ring (bicyclic) bond motifs is 1. The van der Waals surface area contributed by atoms with Crippen LogP contribution in [0.5, 0.6) is 0 Å². The minimum Gasteiger partial charge on any atom is -0.370 e. The van der Waals surface area contributed by atoms with Crippen molar-refractivity contribution in [3.8, 4) is 0 Å². The number of nitrogens with one attached hydrogen (secondary N) is 1. The standard InChI is InChI=1S/C25H33N7O5S2/c26-25(27)29-12-4-7-18(22(34)24-28-13-15-38-24)30-23(35)19-8-9-20-31(14-10-21(33)32(19)20)39(36,37)16-11-17-5-2-1-3-6-17/h1-3,5-6,13,15,18-20H,4,7-12,14,16H2,(H,30,35)(H4,26,27,29). The van der Waals surface area contributed by atoms with Crippen molar-refractivity contribution < 1.29 is 22.8 Å². The molecule has 2 fully saturated rings. The van der Waals surface area contributed by atoms with Crippen LogP contribution in [0.15, 0.2) is 46.9 Å². The van der Waals surface area contributed by atoms with Gasteiger partial charge in [0.2, 0.25) is 27.6 Å². The lowest BCUT2D eigenvalue weighted by Gasteiger charge is -2.40. The van der Waals surface area contributed by atoms with Gasteiger partial charge in [0, 0.05) is 31.1 Å². The second-order valence-corrected chi connectivity index (χ2v) is 12.4. The fraction of sp³-hybridized carbons (Fsp3) is 0.480. The highest BCUT2D eigenvalue weighted by Crippen LogP contribution is 2.33.